The average Bonchev–Trinajstić information content (AvgIpc) is 2.37. The summed E-state index contributed by atoms with van der Waals surface area (Å²) >= 11 is 3.19. The van der Waals surface area contributed by atoms with Gasteiger partial charge in [0.25, 0.3) is 0 Å². The number of nitrogens with two attached hydrogens (primary N) is 1. The number of halogens is 3. The molecule has 0 saturated heterocycles. The van der Waals surface area contributed by atoms with E-state index in [4.69, 9.17) is 5.73 Å². The van der Waals surface area contributed by atoms with Crippen molar-refractivity contribution in [2.24, 2.45) is 0 Å². The number of ketones is 1. The van der Waals surface area contributed by atoms with Gasteiger partial charge in [0.15, 0.2) is 0 Å². The Balaban J connectivity index is 2.63. The van der Waals surface area contributed by atoms with E-state index >= 15 is 0 Å². The summed E-state index contributed by atoms with van der Waals surface area (Å²) in [7, 11) is 0. The Bertz CT molecular complexity index is 671. The van der Waals surface area contributed by atoms with E-state index in [1.54, 1.807) is 6.07 Å². The first-order chi connectivity index (χ1) is 8.91. The Morgan fingerprint density at radius 1 is 1.21 bits per heavy atom. The Labute approximate surface area is 117 Å². The molecule has 2 aromatic rings. The van der Waals surface area contributed by atoms with Crippen LogP contribution in [0.5, 0.6) is 0 Å². The standard InChI is InChI=1S/C14H10BrF2NO/c1-7-2-4-10(16)12(13(7)17)14(19)9-6-8(15)3-5-11(9)18/h2-6H,18H2,1H3. The summed E-state index contributed by atoms with van der Waals surface area (Å²) in [6, 6.07) is 6.95. The van der Waals surface area contributed by atoms with Crippen LogP contribution in [0.1, 0.15) is 21.5 Å². The third-order valence-electron chi connectivity index (χ3n) is 2.77. The highest BCUT2D eigenvalue weighted by molar-refractivity contribution is 9.10. The molecular weight excluding hydrogens is 316 g/mol. The predicted octanol–water partition coefficient (Wildman–Crippen LogP) is 3.85. The summed E-state index contributed by atoms with van der Waals surface area (Å²) in [5, 5.41) is 0. The highest BCUT2D eigenvalue weighted by Gasteiger charge is 2.22. The summed E-state index contributed by atoms with van der Waals surface area (Å²) in [6.45, 7) is 1.47. The van der Waals surface area contributed by atoms with Crippen molar-refractivity contribution in [1.82, 2.24) is 0 Å². The molecule has 0 spiro atoms. The number of anilines is 1. The number of rotatable bonds is 2. The second-order valence-electron chi connectivity index (χ2n) is 4.11. The molecule has 0 aliphatic heterocycles. The average molecular weight is 326 g/mol. The van der Waals surface area contributed by atoms with E-state index in [2.05, 4.69) is 15.9 Å². The molecule has 2 nitrogen and oxygen atoms in total. The molecule has 0 bridgehead atoms. The molecule has 0 atom stereocenters. The molecule has 2 N–H and O–H groups in total. The molecule has 0 unspecified atom stereocenters. The molecular formula is C14H10BrF2NO. The lowest BCUT2D eigenvalue weighted by Gasteiger charge is -2.09. The Hall–Kier alpha value is -1.75. The quantitative estimate of drug-likeness (QED) is 0.673. The minimum absolute atomic E-state index is 0.0674. The lowest BCUT2D eigenvalue weighted by molar-refractivity contribution is 0.103. The summed E-state index contributed by atoms with van der Waals surface area (Å²) in [4.78, 5) is 12.2. The maximum Gasteiger partial charge on any atom is 0.201 e. The summed E-state index contributed by atoms with van der Waals surface area (Å²) < 4.78 is 28.2. The summed E-state index contributed by atoms with van der Waals surface area (Å²) in [5.74, 6) is -2.52. The first-order valence-electron chi connectivity index (χ1n) is 5.46. The van der Waals surface area contributed by atoms with Crippen LogP contribution in [0.2, 0.25) is 0 Å². The third-order valence-corrected chi connectivity index (χ3v) is 3.26. The zero-order valence-electron chi connectivity index (χ0n) is 10.0. The third kappa shape index (κ3) is 2.51. The molecule has 19 heavy (non-hydrogen) atoms. The van der Waals surface area contributed by atoms with E-state index in [0.29, 0.717) is 4.47 Å². The van der Waals surface area contributed by atoms with E-state index in [1.807, 2.05) is 0 Å². The fraction of sp³-hybridized carbons (Fsp3) is 0.0714. The molecule has 98 valence electrons. The Morgan fingerprint density at radius 3 is 2.58 bits per heavy atom. The normalized spacial score (nSPS) is 10.5. The monoisotopic (exact) mass is 325 g/mol. The van der Waals surface area contributed by atoms with Gasteiger partial charge in [-0.1, -0.05) is 22.0 Å². The minimum Gasteiger partial charge on any atom is -0.398 e. The number of benzene rings is 2. The number of nitrogen functional groups attached to an aromatic ring is 1. The number of carbonyl (C=O) groups excluding carboxylic acids is 1. The fourth-order valence-electron chi connectivity index (χ4n) is 1.72. The minimum atomic E-state index is -0.896. The van der Waals surface area contributed by atoms with Gasteiger partial charge < -0.3 is 5.73 Å². The topological polar surface area (TPSA) is 43.1 Å². The van der Waals surface area contributed by atoms with Gasteiger partial charge in [-0.25, -0.2) is 8.78 Å². The van der Waals surface area contributed by atoms with Crippen LogP contribution in [0.25, 0.3) is 0 Å². The lowest BCUT2D eigenvalue weighted by atomic mass is 9.99. The first kappa shape index (κ1) is 13.7. The molecule has 0 heterocycles. The molecule has 0 fully saturated rings. The van der Waals surface area contributed by atoms with E-state index in [9.17, 15) is 13.6 Å². The second-order valence-corrected chi connectivity index (χ2v) is 5.03. The molecule has 0 aliphatic rings. The van der Waals surface area contributed by atoms with Gasteiger partial charge in [-0.05, 0) is 36.8 Å². The van der Waals surface area contributed by atoms with Crippen LogP contribution < -0.4 is 5.73 Å². The van der Waals surface area contributed by atoms with Crippen LogP contribution in [-0.2, 0) is 0 Å². The van der Waals surface area contributed by atoms with E-state index in [0.717, 1.165) is 6.07 Å². The van der Waals surface area contributed by atoms with Gasteiger partial charge in [0.1, 0.15) is 11.6 Å². The zero-order valence-corrected chi connectivity index (χ0v) is 11.6. The van der Waals surface area contributed by atoms with Gasteiger partial charge in [-0.15, -0.1) is 0 Å². The van der Waals surface area contributed by atoms with Gasteiger partial charge >= 0.3 is 0 Å². The van der Waals surface area contributed by atoms with Crippen molar-refractivity contribution in [3.8, 4) is 0 Å². The SMILES string of the molecule is Cc1ccc(F)c(C(=O)c2cc(Br)ccc2N)c1F. The van der Waals surface area contributed by atoms with Crippen LogP contribution in [0.3, 0.4) is 0 Å². The molecule has 0 aromatic heterocycles. The molecule has 0 aliphatic carbocycles. The van der Waals surface area contributed by atoms with Crippen molar-refractivity contribution in [2.45, 2.75) is 6.92 Å². The van der Waals surface area contributed by atoms with Crippen LogP contribution in [0, 0.1) is 18.6 Å². The zero-order chi connectivity index (χ0) is 14.2. The molecule has 0 saturated carbocycles. The van der Waals surface area contributed by atoms with Crippen molar-refractivity contribution in [3.05, 3.63) is 63.1 Å². The Kier molecular flexibility index (Phi) is 3.66. The van der Waals surface area contributed by atoms with Crippen molar-refractivity contribution in [1.29, 1.82) is 0 Å². The number of hydrogen-bond acceptors (Lipinski definition) is 2. The maximum absolute atomic E-state index is 13.9. The van der Waals surface area contributed by atoms with Gasteiger partial charge in [0, 0.05) is 15.7 Å². The van der Waals surface area contributed by atoms with Gasteiger partial charge in [-0.2, -0.15) is 0 Å². The van der Waals surface area contributed by atoms with Crippen LogP contribution in [0.15, 0.2) is 34.8 Å². The highest BCUT2D eigenvalue weighted by Crippen LogP contribution is 2.25. The number of aryl methyl sites for hydroxylation is 1. The van der Waals surface area contributed by atoms with Crippen molar-refractivity contribution < 1.29 is 13.6 Å². The molecule has 0 amide bonds. The number of carbonyl (C=O) groups is 1. The lowest BCUT2D eigenvalue weighted by Crippen LogP contribution is -2.11. The molecule has 0 radical (unpaired) electrons. The van der Waals surface area contributed by atoms with Crippen molar-refractivity contribution in [3.63, 3.8) is 0 Å². The molecule has 2 aromatic carbocycles. The first-order valence-corrected chi connectivity index (χ1v) is 6.25. The van der Waals surface area contributed by atoms with Gasteiger partial charge in [0.2, 0.25) is 5.78 Å². The number of hydrogen-bond donors (Lipinski definition) is 1. The van der Waals surface area contributed by atoms with Crippen LogP contribution >= 0.6 is 15.9 Å². The van der Waals surface area contributed by atoms with Crippen molar-refractivity contribution >= 4 is 27.4 Å². The second kappa shape index (κ2) is 5.09. The molecule has 2 rings (SSSR count). The van der Waals surface area contributed by atoms with Crippen LogP contribution in [-0.4, -0.2) is 5.78 Å². The van der Waals surface area contributed by atoms with Gasteiger partial charge in [-0.3, -0.25) is 4.79 Å². The van der Waals surface area contributed by atoms with E-state index < -0.39 is 23.0 Å². The molecule has 5 heteroatoms. The Morgan fingerprint density at radius 2 is 1.89 bits per heavy atom. The van der Waals surface area contributed by atoms with Crippen molar-refractivity contribution in [2.75, 3.05) is 5.73 Å². The summed E-state index contributed by atoms with van der Waals surface area (Å²) in [6.07, 6.45) is 0. The van der Waals surface area contributed by atoms with Gasteiger partial charge in [0.05, 0.1) is 5.56 Å². The largest absolute Gasteiger partial charge is 0.398 e. The highest BCUT2D eigenvalue weighted by atomic mass is 79.9. The fourth-order valence-corrected chi connectivity index (χ4v) is 2.09. The van der Waals surface area contributed by atoms with E-state index in [1.165, 1.54) is 25.1 Å². The van der Waals surface area contributed by atoms with Crippen LogP contribution in [0.4, 0.5) is 14.5 Å². The maximum atomic E-state index is 13.9. The predicted molar refractivity (Wildman–Crippen MR) is 73.1 cm³/mol. The summed E-state index contributed by atoms with van der Waals surface area (Å²) in [5.41, 5.74) is 5.55. The smallest absolute Gasteiger partial charge is 0.201 e. The van der Waals surface area contributed by atoms with E-state index in [-0.39, 0.29) is 16.8 Å².